The molecule has 0 radical (unpaired) electrons. The van der Waals surface area contributed by atoms with Crippen LogP contribution in [0.4, 0.5) is 4.79 Å². The molecule has 0 atom stereocenters. The van der Waals surface area contributed by atoms with E-state index in [1.165, 1.54) is 11.9 Å². The standard InChI is InChI=1S/C12H23N3O3/c1-10(2)8-14-4-6-15(7-5-14)12(18)13(3)9-11(16)17/h10H,4-9H2,1-3H3,(H,16,17). The Labute approximate surface area is 108 Å². The largest absolute Gasteiger partial charge is 0.480 e. The van der Waals surface area contributed by atoms with Crippen LogP contribution in [-0.4, -0.2) is 78.1 Å². The topological polar surface area (TPSA) is 64.1 Å². The number of piperazine rings is 1. The van der Waals surface area contributed by atoms with Crippen molar-refractivity contribution in [2.24, 2.45) is 5.92 Å². The number of carbonyl (C=O) groups is 2. The number of rotatable bonds is 4. The van der Waals surface area contributed by atoms with Gasteiger partial charge in [-0.2, -0.15) is 0 Å². The van der Waals surface area contributed by atoms with Crippen molar-refractivity contribution in [1.82, 2.24) is 14.7 Å². The molecule has 0 aromatic rings. The zero-order chi connectivity index (χ0) is 13.7. The molecule has 2 amide bonds. The summed E-state index contributed by atoms with van der Waals surface area (Å²) in [6, 6.07) is -0.193. The first kappa shape index (κ1) is 14.8. The maximum Gasteiger partial charge on any atom is 0.323 e. The molecule has 1 saturated heterocycles. The predicted molar refractivity (Wildman–Crippen MR) is 68.5 cm³/mol. The first-order valence-corrected chi connectivity index (χ1v) is 6.34. The van der Waals surface area contributed by atoms with Crippen LogP contribution in [-0.2, 0) is 4.79 Å². The Morgan fingerprint density at radius 3 is 2.22 bits per heavy atom. The molecule has 1 N–H and O–H groups in total. The summed E-state index contributed by atoms with van der Waals surface area (Å²) >= 11 is 0. The summed E-state index contributed by atoms with van der Waals surface area (Å²) in [7, 11) is 1.52. The van der Waals surface area contributed by atoms with Gasteiger partial charge in [0.15, 0.2) is 0 Å². The molecule has 1 aliphatic rings. The zero-order valence-corrected chi connectivity index (χ0v) is 11.4. The molecule has 0 spiro atoms. The number of carboxylic acids is 1. The van der Waals surface area contributed by atoms with Crippen molar-refractivity contribution in [3.8, 4) is 0 Å². The number of likely N-dealkylation sites (N-methyl/N-ethyl adjacent to an activating group) is 1. The maximum absolute atomic E-state index is 11.9. The average Bonchev–Trinajstić information content (AvgIpc) is 2.27. The number of amides is 2. The van der Waals surface area contributed by atoms with Crippen molar-refractivity contribution in [2.75, 3.05) is 46.3 Å². The summed E-state index contributed by atoms with van der Waals surface area (Å²) < 4.78 is 0. The second-order valence-corrected chi connectivity index (χ2v) is 5.21. The molecule has 18 heavy (non-hydrogen) atoms. The summed E-state index contributed by atoms with van der Waals surface area (Å²) in [5.41, 5.74) is 0. The molecule has 0 aromatic carbocycles. The van der Waals surface area contributed by atoms with Crippen LogP contribution in [0.3, 0.4) is 0 Å². The summed E-state index contributed by atoms with van der Waals surface area (Å²) in [6.45, 7) is 8.25. The second-order valence-electron chi connectivity index (χ2n) is 5.21. The van der Waals surface area contributed by atoms with Gasteiger partial charge < -0.3 is 14.9 Å². The minimum Gasteiger partial charge on any atom is -0.480 e. The first-order valence-electron chi connectivity index (χ1n) is 6.34. The van der Waals surface area contributed by atoms with Gasteiger partial charge >= 0.3 is 12.0 Å². The lowest BCUT2D eigenvalue weighted by Crippen LogP contribution is -2.53. The minimum atomic E-state index is -0.982. The molecular formula is C12H23N3O3. The Kier molecular flexibility index (Phi) is 5.40. The summed E-state index contributed by atoms with van der Waals surface area (Å²) in [5, 5.41) is 8.65. The van der Waals surface area contributed by atoms with E-state index < -0.39 is 5.97 Å². The van der Waals surface area contributed by atoms with Crippen LogP contribution in [0, 0.1) is 5.92 Å². The van der Waals surface area contributed by atoms with E-state index in [4.69, 9.17) is 5.11 Å². The van der Waals surface area contributed by atoms with Gasteiger partial charge in [0.1, 0.15) is 6.54 Å². The van der Waals surface area contributed by atoms with Crippen LogP contribution in [0.25, 0.3) is 0 Å². The molecule has 6 heteroatoms. The van der Waals surface area contributed by atoms with Crippen molar-refractivity contribution in [2.45, 2.75) is 13.8 Å². The van der Waals surface area contributed by atoms with Gasteiger partial charge in [0.05, 0.1) is 0 Å². The monoisotopic (exact) mass is 257 g/mol. The fourth-order valence-corrected chi connectivity index (χ4v) is 2.15. The molecule has 0 unspecified atom stereocenters. The highest BCUT2D eigenvalue weighted by Crippen LogP contribution is 2.07. The zero-order valence-electron chi connectivity index (χ0n) is 11.4. The number of hydrogen-bond acceptors (Lipinski definition) is 3. The van der Waals surface area contributed by atoms with Gasteiger partial charge in [-0.1, -0.05) is 13.8 Å². The molecule has 104 valence electrons. The molecule has 1 fully saturated rings. The smallest absolute Gasteiger partial charge is 0.323 e. The lowest BCUT2D eigenvalue weighted by molar-refractivity contribution is -0.137. The number of urea groups is 1. The normalized spacial score (nSPS) is 17.0. The fraction of sp³-hybridized carbons (Fsp3) is 0.833. The molecule has 1 rings (SSSR count). The molecule has 0 saturated carbocycles. The van der Waals surface area contributed by atoms with E-state index >= 15 is 0 Å². The predicted octanol–water partition coefficient (Wildman–Crippen LogP) is 0.396. The second kappa shape index (κ2) is 6.58. The van der Waals surface area contributed by atoms with E-state index in [-0.39, 0.29) is 12.6 Å². The highest BCUT2D eigenvalue weighted by atomic mass is 16.4. The van der Waals surface area contributed by atoms with Crippen LogP contribution >= 0.6 is 0 Å². The van der Waals surface area contributed by atoms with Gasteiger partial charge in [0.25, 0.3) is 0 Å². The van der Waals surface area contributed by atoms with Crippen molar-refractivity contribution >= 4 is 12.0 Å². The Hall–Kier alpha value is -1.30. The Balaban J connectivity index is 2.38. The summed E-state index contributed by atoms with van der Waals surface area (Å²) in [5.74, 6) is -0.355. The Morgan fingerprint density at radius 2 is 1.78 bits per heavy atom. The van der Waals surface area contributed by atoms with E-state index in [9.17, 15) is 9.59 Å². The molecule has 0 aliphatic carbocycles. The van der Waals surface area contributed by atoms with Gasteiger partial charge in [-0.15, -0.1) is 0 Å². The maximum atomic E-state index is 11.9. The number of nitrogens with zero attached hydrogens (tertiary/aromatic N) is 3. The van der Waals surface area contributed by atoms with Crippen LogP contribution in [0.15, 0.2) is 0 Å². The third kappa shape index (κ3) is 4.52. The summed E-state index contributed by atoms with van der Waals surface area (Å²) in [4.78, 5) is 27.8. The highest BCUT2D eigenvalue weighted by molar-refractivity contribution is 5.80. The third-order valence-electron chi connectivity index (χ3n) is 2.97. The minimum absolute atomic E-state index is 0.193. The van der Waals surface area contributed by atoms with Gasteiger partial charge in [-0.3, -0.25) is 9.69 Å². The van der Waals surface area contributed by atoms with Crippen molar-refractivity contribution in [1.29, 1.82) is 0 Å². The molecular weight excluding hydrogens is 234 g/mol. The number of carbonyl (C=O) groups excluding carboxylic acids is 1. The highest BCUT2D eigenvalue weighted by Gasteiger charge is 2.24. The van der Waals surface area contributed by atoms with E-state index in [0.29, 0.717) is 19.0 Å². The van der Waals surface area contributed by atoms with Gasteiger partial charge in [0.2, 0.25) is 0 Å². The number of carboxylic acid groups (broad SMARTS) is 1. The molecule has 1 aliphatic heterocycles. The van der Waals surface area contributed by atoms with Crippen LogP contribution in [0.2, 0.25) is 0 Å². The lowest BCUT2D eigenvalue weighted by atomic mass is 10.2. The average molecular weight is 257 g/mol. The lowest BCUT2D eigenvalue weighted by Gasteiger charge is -2.37. The van der Waals surface area contributed by atoms with Crippen LogP contribution in [0.5, 0.6) is 0 Å². The SMILES string of the molecule is CC(C)CN1CCN(C(=O)N(C)CC(=O)O)CC1. The quantitative estimate of drug-likeness (QED) is 0.791. The number of aliphatic carboxylic acids is 1. The van der Waals surface area contributed by atoms with Crippen molar-refractivity contribution in [3.05, 3.63) is 0 Å². The van der Waals surface area contributed by atoms with Gasteiger partial charge in [-0.05, 0) is 5.92 Å². The van der Waals surface area contributed by atoms with Crippen molar-refractivity contribution in [3.63, 3.8) is 0 Å². The molecule has 0 bridgehead atoms. The fourth-order valence-electron chi connectivity index (χ4n) is 2.15. The Morgan fingerprint density at radius 1 is 1.22 bits per heavy atom. The Bertz CT molecular complexity index is 299. The van der Waals surface area contributed by atoms with E-state index in [1.54, 1.807) is 4.90 Å². The molecule has 6 nitrogen and oxygen atoms in total. The molecule has 1 heterocycles. The van der Waals surface area contributed by atoms with E-state index in [0.717, 1.165) is 19.6 Å². The van der Waals surface area contributed by atoms with Gasteiger partial charge in [-0.25, -0.2) is 4.79 Å². The first-order chi connectivity index (χ1) is 8.40. The van der Waals surface area contributed by atoms with E-state index in [2.05, 4.69) is 18.7 Å². The molecule has 0 aromatic heterocycles. The van der Waals surface area contributed by atoms with Gasteiger partial charge in [0, 0.05) is 39.8 Å². The summed E-state index contributed by atoms with van der Waals surface area (Å²) in [6.07, 6.45) is 0. The van der Waals surface area contributed by atoms with E-state index in [1.807, 2.05) is 0 Å². The van der Waals surface area contributed by atoms with Crippen LogP contribution < -0.4 is 0 Å². The van der Waals surface area contributed by atoms with Crippen molar-refractivity contribution < 1.29 is 14.7 Å². The number of hydrogen-bond donors (Lipinski definition) is 1. The van der Waals surface area contributed by atoms with Crippen LogP contribution in [0.1, 0.15) is 13.8 Å². The third-order valence-corrected chi connectivity index (χ3v) is 2.97.